The zero-order valence-electron chi connectivity index (χ0n) is 10.1. The summed E-state index contributed by atoms with van der Waals surface area (Å²) in [6.45, 7) is 4.41. The minimum atomic E-state index is -1.03. The van der Waals surface area contributed by atoms with Gasteiger partial charge in [0.1, 0.15) is 0 Å². The fourth-order valence-electron chi connectivity index (χ4n) is 2.30. The molecule has 0 amide bonds. The topological polar surface area (TPSA) is 75.1 Å². The van der Waals surface area contributed by atoms with E-state index in [1.54, 1.807) is 0 Å². The van der Waals surface area contributed by atoms with Gasteiger partial charge in [-0.3, -0.25) is 0 Å². The molecule has 1 heterocycles. The molecule has 1 fully saturated rings. The van der Waals surface area contributed by atoms with Gasteiger partial charge in [-0.15, -0.1) is 0 Å². The van der Waals surface area contributed by atoms with E-state index < -0.39 is 5.97 Å². The molecule has 2 rings (SSSR count). The van der Waals surface area contributed by atoms with E-state index in [2.05, 4.69) is 29.1 Å². The molecular weight excluding hydrogens is 218 g/mol. The second-order valence-corrected chi connectivity index (χ2v) is 5.15. The predicted molar refractivity (Wildman–Crippen MR) is 64.0 cm³/mol. The monoisotopic (exact) mass is 235 g/mol. The summed E-state index contributed by atoms with van der Waals surface area (Å²) < 4.78 is 0. The molecule has 1 aromatic heterocycles. The Morgan fingerprint density at radius 3 is 2.94 bits per heavy atom. The van der Waals surface area contributed by atoms with Crippen LogP contribution in [-0.4, -0.2) is 27.1 Å². The lowest BCUT2D eigenvalue weighted by atomic mass is 9.87. The molecule has 0 aliphatic heterocycles. The number of hydrogen-bond donors (Lipinski definition) is 2. The highest BCUT2D eigenvalue weighted by Gasteiger charge is 2.34. The fourth-order valence-corrected chi connectivity index (χ4v) is 2.30. The lowest BCUT2D eigenvalue weighted by molar-refractivity contribution is 0.0690. The van der Waals surface area contributed by atoms with Gasteiger partial charge in [-0.25, -0.2) is 14.8 Å². The molecule has 5 heteroatoms. The molecular formula is C12H17N3O2. The second kappa shape index (κ2) is 4.31. The van der Waals surface area contributed by atoms with Crippen LogP contribution in [-0.2, 0) is 0 Å². The highest BCUT2D eigenvalue weighted by molar-refractivity contribution is 5.85. The number of anilines is 1. The Labute approximate surface area is 100 Å². The van der Waals surface area contributed by atoms with Gasteiger partial charge in [0.25, 0.3) is 0 Å². The number of nitrogens with zero attached hydrogens (tertiary/aromatic N) is 2. The molecule has 0 bridgehead atoms. The van der Waals surface area contributed by atoms with Crippen LogP contribution in [0.4, 0.5) is 5.95 Å². The maximum absolute atomic E-state index is 10.8. The van der Waals surface area contributed by atoms with Gasteiger partial charge in [0.2, 0.25) is 5.95 Å². The molecule has 17 heavy (non-hydrogen) atoms. The van der Waals surface area contributed by atoms with Crippen LogP contribution in [0, 0.1) is 5.41 Å². The van der Waals surface area contributed by atoms with Crippen LogP contribution in [0.1, 0.15) is 43.6 Å². The quantitative estimate of drug-likeness (QED) is 0.839. The van der Waals surface area contributed by atoms with Crippen molar-refractivity contribution in [1.29, 1.82) is 0 Å². The van der Waals surface area contributed by atoms with E-state index in [1.807, 2.05) is 0 Å². The minimum Gasteiger partial charge on any atom is -0.477 e. The molecule has 2 N–H and O–H groups in total. The Hall–Kier alpha value is -1.65. The number of aromatic carboxylic acids is 1. The van der Waals surface area contributed by atoms with E-state index in [0.29, 0.717) is 12.0 Å². The summed E-state index contributed by atoms with van der Waals surface area (Å²) in [5, 5.41) is 12.1. The number of carbonyl (C=O) groups is 1. The molecule has 1 aliphatic carbocycles. The average Bonchev–Trinajstić information content (AvgIpc) is 2.59. The predicted octanol–water partition coefficient (Wildman–Crippen LogP) is 2.17. The Morgan fingerprint density at radius 1 is 1.59 bits per heavy atom. The van der Waals surface area contributed by atoms with E-state index >= 15 is 0 Å². The molecule has 0 saturated heterocycles. The highest BCUT2D eigenvalue weighted by Crippen LogP contribution is 2.38. The van der Waals surface area contributed by atoms with Crippen molar-refractivity contribution in [2.45, 2.75) is 39.2 Å². The first kappa shape index (κ1) is 11.8. The zero-order valence-corrected chi connectivity index (χ0v) is 10.1. The molecule has 1 unspecified atom stereocenters. The normalized spacial score (nSPS) is 22.4. The molecule has 0 spiro atoms. The summed E-state index contributed by atoms with van der Waals surface area (Å²) in [4.78, 5) is 18.8. The molecule has 1 aliphatic rings. The van der Waals surface area contributed by atoms with Gasteiger partial charge in [0.15, 0.2) is 5.69 Å². The third kappa shape index (κ3) is 2.54. The molecule has 1 saturated carbocycles. The van der Waals surface area contributed by atoms with Crippen LogP contribution in [0.5, 0.6) is 0 Å². The molecule has 0 radical (unpaired) electrons. The van der Waals surface area contributed by atoms with Crippen molar-refractivity contribution in [2.24, 2.45) is 5.41 Å². The van der Waals surface area contributed by atoms with Crippen molar-refractivity contribution in [3.05, 3.63) is 18.0 Å². The Bertz CT molecular complexity index is 432. The number of nitrogens with one attached hydrogen (secondary N) is 1. The number of carboxylic acid groups (broad SMARTS) is 1. The Morgan fingerprint density at radius 2 is 2.35 bits per heavy atom. The van der Waals surface area contributed by atoms with E-state index in [0.717, 1.165) is 6.42 Å². The lowest BCUT2D eigenvalue weighted by Gasteiger charge is -2.27. The van der Waals surface area contributed by atoms with Crippen molar-refractivity contribution in [3.63, 3.8) is 0 Å². The van der Waals surface area contributed by atoms with Crippen molar-refractivity contribution in [3.8, 4) is 0 Å². The lowest BCUT2D eigenvalue weighted by Crippen LogP contribution is -2.31. The fraction of sp³-hybridized carbons (Fsp3) is 0.583. The van der Waals surface area contributed by atoms with Crippen molar-refractivity contribution >= 4 is 11.9 Å². The van der Waals surface area contributed by atoms with Crippen LogP contribution < -0.4 is 5.32 Å². The zero-order chi connectivity index (χ0) is 12.5. The summed E-state index contributed by atoms with van der Waals surface area (Å²) in [7, 11) is 0. The first-order valence-corrected chi connectivity index (χ1v) is 5.82. The van der Waals surface area contributed by atoms with Gasteiger partial charge >= 0.3 is 5.97 Å². The molecule has 0 aromatic carbocycles. The largest absolute Gasteiger partial charge is 0.477 e. The summed E-state index contributed by atoms with van der Waals surface area (Å²) in [5.74, 6) is -0.619. The maximum Gasteiger partial charge on any atom is 0.354 e. The third-order valence-corrected chi connectivity index (χ3v) is 3.44. The third-order valence-electron chi connectivity index (χ3n) is 3.44. The summed E-state index contributed by atoms with van der Waals surface area (Å²) >= 11 is 0. The van der Waals surface area contributed by atoms with E-state index in [9.17, 15) is 4.79 Å². The van der Waals surface area contributed by atoms with Gasteiger partial charge in [-0.2, -0.15) is 0 Å². The minimum absolute atomic E-state index is 0.0262. The van der Waals surface area contributed by atoms with Crippen LogP contribution >= 0.6 is 0 Å². The molecule has 1 aromatic rings. The smallest absolute Gasteiger partial charge is 0.354 e. The Balaban J connectivity index is 2.13. The van der Waals surface area contributed by atoms with Crippen LogP contribution in [0.25, 0.3) is 0 Å². The van der Waals surface area contributed by atoms with Crippen LogP contribution in [0.15, 0.2) is 12.3 Å². The van der Waals surface area contributed by atoms with Crippen LogP contribution in [0.3, 0.4) is 0 Å². The van der Waals surface area contributed by atoms with Gasteiger partial charge in [-0.1, -0.05) is 20.3 Å². The van der Waals surface area contributed by atoms with Gasteiger partial charge in [0, 0.05) is 12.2 Å². The van der Waals surface area contributed by atoms with Crippen molar-refractivity contribution < 1.29 is 9.90 Å². The number of carboxylic acids is 1. The van der Waals surface area contributed by atoms with Gasteiger partial charge in [-0.05, 0) is 24.3 Å². The van der Waals surface area contributed by atoms with Gasteiger partial charge in [0.05, 0.1) is 0 Å². The number of hydrogen-bond acceptors (Lipinski definition) is 4. The van der Waals surface area contributed by atoms with Crippen molar-refractivity contribution in [2.75, 3.05) is 5.32 Å². The number of aromatic nitrogens is 2. The standard InChI is InChI=1S/C12H17N3O2/c1-12(2)6-3-4-9(12)15-11-13-7-5-8(14-11)10(16)17/h5,7,9H,3-4,6H2,1-2H3,(H,16,17)(H,13,14,15). The SMILES string of the molecule is CC1(C)CCCC1Nc1nccc(C(=O)O)n1. The number of rotatable bonds is 3. The van der Waals surface area contributed by atoms with Crippen molar-refractivity contribution in [1.82, 2.24) is 9.97 Å². The van der Waals surface area contributed by atoms with E-state index in [1.165, 1.54) is 25.1 Å². The highest BCUT2D eigenvalue weighted by atomic mass is 16.4. The average molecular weight is 235 g/mol. The Kier molecular flexibility index (Phi) is 3.00. The summed E-state index contributed by atoms with van der Waals surface area (Å²) in [6, 6.07) is 1.71. The second-order valence-electron chi connectivity index (χ2n) is 5.15. The molecule has 5 nitrogen and oxygen atoms in total. The first-order valence-electron chi connectivity index (χ1n) is 5.82. The summed E-state index contributed by atoms with van der Waals surface area (Å²) in [5.41, 5.74) is 0.237. The van der Waals surface area contributed by atoms with E-state index in [-0.39, 0.29) is 11.1 Å². The van der Waals surface area contributed by atoms with Gasteiger partial charge < -0.3 is 10.4 Å². The molecule has 92 valence electrons. The molecule has 1 atom stereocenters. The first-order chi connectivity index (χ1) is 7.99. The van der Waals surface area contributed by atoms with E-state index in [4.69, 9.17) is 5.11 Å². The maximum atomic E-state index is 10.8. The van der Waals surface area contributed by atoms with Crippen LogP contribution in [0.2, 0.25) is 0 Å². The summed E-state index contributed by atoms with van der Waals surface area (Å²) in [6.07, 6.45) is 4.90.